The Morgan fingerprint density at radius 2 is 2.00 bits per heavy atom. The van der Waals surface area contributed by atoms with E-state index in [1.54, 1.807) is 24.3 Å². The second kappa shape index (κ2) is 5.60. The van der Waals surface area contributed by atoms with E-state index < -0.39 is 0 Å². The summed E-state index contributed by atoms with van der Waals surface area (Å²) in [5, 5.41) is 0.447. The summed E-state index contributed by atoms with van der Waals surface area (Å²) in [6.07, 6.45) is 0. The number of halogens is 1. The zero-order valence-corrected chi connectivity index (χ0v) is 6.76. The molecular weight excluding hydrogens is 187 g/mol. The van der Waals surface area contributed by atoms with Gasteiger partial charge in [-0.3, -0.25) is 4.79 Å². The second-order valence-electron chi connectivity index (χ2n) is 2.02. The van der Waals surface area contributed by atoms with Crippen LogP contribution in [0, 0.1) is 0 Å². The van der Waals surface area contributed by atoms with Crippen LogP contribution in [-0.4, -0.2) is 35.5 Å². The van der Waals surface area contributed by atoms with E-state index in [1.807, 2.05) is 0 Å². The molecular formula is C8H8ClNaO2. The van der Waals surface area contributed by atoms with E-state index in [0.29, 0.717) is 10.8 Å². The molecule has 0 heterocycles. The number of para-hydroxylation sites is 1. The third-order valence-corrected chi connectivity index (χ3v) is 1.40. The summed E-state index contributed by atoms with van der Waals surface area (Å²) in [7, 11) is 0. The molecule has 4 heteroatoms. The molecule has 0 aliphatic carbocycles. The van der Waals surface area contributed by atoms with Gasteiger partial charge < -0.3 is 4.74 Å². The van der Waals surface area contributed by atoms with Crippen molar-refractivity contribution in [1.29, 1.82) is 0 Å². The molecule has 12 heavy (non-hydrogen) atoms. The zero-order chi connectivity index (χ0) is 8.27. The van der Waals surface area contributed by atoms with E-state index in [-0.39, 0.29) is 35.5 Å². The predicted molar refractivity (Wildman–Crippen MR) is 49.9 cm³/mol. The van der Waals surface area contributed by atoms with Gasteiger partial charge in [0.25, 0.3) is 0 Å². The Labute approximate surface area is 98.2 Å². The molecule has 0 saturated heterocycles. The van der Waals surface area contributed by atoms with Crippen molar-refractivity contribution < 1.29 is 9.53 Å². The van der Waals surface area contributed by atoms with Crippen LogP contribution >= 0.6 is 11.6 Å². The first kappa shape index (κ1) is 12.0. The summed E-state index contributed by atoms with van der Waals surface area (Å²) in [5.41, 5.74) is 0. The van der Waals surface area contributed by atoms with Crippen molar-refractivity contribution in [3.63, 3.8) is 0 Å². The van der Waals surface area contributed by atoms with Crippen molar-refractivity contribution in [2.75, 3.05) is 0 Å². The van der Waals surface area contributed by atoms with Crippen LogP contribution in [0.15, 0.2) is 24.3 Å². The molecule has 0 radical (unpaired) electrons. The van der Waals surface area contributed by atoms with Gasteiger partial charge in [0, 0.05) is 6.92 Å². The SMILES string of the molecule is CC(=O)Oc1ccccc1Cl.[NaH]. The molecule has 2 nitrogen and oxygen atoms in total. The fourth-order valence-electron chi connectivity index (χ4n) is 0.682. The van der Waals surface area contributed by atoms with Gasteiger partial charge in [0.05, 0.1) is 5.02 Å². The molecule has 0 N–H and O–H groups in total. The normalized spacial score (nSPS) is 8.50. The Hall–Kier alpha value is -0.0200. The molecule has 60 valence electrons. The maximum absolute atomic E-state index is 10.5. The quantitative estimate of drug-likeness (QED) is 0.386. The van der Waals surface area contributed by atoms with Crippen LogP contribution in [0.3, 0.4) is 0 Å². The monoisotopic (exact) mass is 194 g/mol. The number of hydrogen-bond donors (Lipinski definition) is 0. The summed E-state index contributed by atoms with van der Waals surface area (Å²) in [6, 6.07) is 6.84. The number of benzene rings is 1. The van der Waals surface area contributed by atoms with E-state index >= 15 is 0 Å². The molecule has 0 unspecified atom stereocenters. The molecule has 0 aliphatic rings. The van der Waals surface area contributed by atoms with E-state index in [2.05, 4.69) is 0 Å². The van der Waals surface area contributed by atoms with E-state index in [1.165, 1.54) is 6.92 Å². The third kappa shape index (κ3) is 3.59. The molecule has 0 atom stereocenters. The van der Waals surface area contributed by atoms with Gasteiger partial charge in [0.2, 0.25) is 0 Å². The van der Waals surface area contributed by atoms with Crippen molar-refractivity contribution in [1.82, 2.24) is 0 Å². The molecule has 0 fully saturated rings. The summed E-state index contributed by atoms with van der Waals surface area (Å²) < 4.78 is 4.77. The predicted octanol–water partition coefficient (Wildman–Crippen LogP) is 1.62. The number of ether oxygens (including phenoxy) is 1. The Morgan fingerprint density at radius 3 is 2.50 bits per heavy atom. The fraction of sp³-hybridized carbons (Fsp3) is 0.125. The Bertz CT molecular complexity index is 276. The standard InChI is InChI=1S/C8H7ClO2.Na.H/c1-6(10)11-8-5-3-2-4-7(8)9;;/h2-5H,1H3;;. The summed E-state index contributed by atoms with van der Waals surface area (Å²) in [6.45, 7) is 1.34. The van der Waals surface area contributed by atoms with Crippen LogP contribution in [0.4, 0.5) is 0 Å². The number of esters is 1. The summed E-state index contributed by atoms with van der Waals surface area (Å²) in [5.74, 6) is 0.0415. The van der Waals surface area contributed by atoms with Crippen molar-refractivity contribution in [2.24, 2.45) is 0 Å². The van der Waals surface area contributed by atoms with Crippen molar-refractivity contribution in [2.45, 2.75) is 6.92 Å². The van der Waals surface area contributed by atoms with Gasteiger partial charge in [-0.15, -0.1) is 0 Å². The van der Waals surface area contributed by atoms with Gasteiger partial charge in [0.15, 0.2) is 0 Å². The first-order chi connectivity index (χ1) is 5.20. The fourth-order valence-corrected chi connectivity index (χ4v) is 0.857. The van der Waals surface area contributed by atoms with Crippen LogP contribution in [-0.2, 0) is 4.79 Å². The minimum atomic E-state index is -0.363. The molecule has 1 aromatic carbocycles. The summed E-state index contributed by atoms with van der Waals surface area (Å²) >= 11 is 5.69. The van der Waals surface area contributed by atoms with Gasteiger partial charge >= 0.3 is 35.5 Å². The number of carbonyl (C=O) groups is 1. The van der Waals surface area contributed by atoms with E-state index in [9.17, 15) is 4.79 Å². The topological polar surface area (TPSA) is 26.3 Å². The average Bonchev–Trinajstić information content (AvgIpc) is 1.93. The Balaban J connectivity index is 0.00000121. The van der Waals surface area contributed by atoms with Crippen LogP contribution in [0.25, 0.3) is 0 Å². The van der Waals surface area contributed by atoms with Gasteiger partial charge in [-0.25, -0.2) is 0 Å². The summed E-state index contributed by atoms with van der Waals surface area (Å²) in [4.78, 5) is 10.5. The zero-order valence-electron chi connectivity index (χ0n) is 6.00. The van der Waals surface area contributed by atoms with Gasteiger partial charge in [0.1, 0.15) is 5.75 Å². The average molecular weight is 195 g/mol. The van der Waals surface area contributed by atoms with Crippen molar-refractivity contribution in [3.8, 4) is 5.75 Å². The number of carbonyl (C=O) groups excluding carboxylic acids is 1. The van der Waals surface area contributed by atoms with E-state index in [4.69, 9.17) is 16.3 Å². The first-order valence-electron chi connectivity index (χ1n) is 3.13. The van der Waals surface area contributed by atoms with Crippen LogP contribution in [0.5, 0.6) is 5.75 Å². The van der Waals surface area contributed by atoms with Crippen molar-refractivity contribution >= 4 is 47.1 Å². The number of rotatable bonds is 1. The van der Waals surface area contributed by atoms with Crippen LogP contribution in [0.2, 0.25) is 5.02 Å². The molecule has 1 aromatic rings. The van der Waals surface area contributed by atoms with Crippen LogP contribution < -0.4 is 4.74 Å². The Kier molecular flexibility index (Phi) is 5.59. The third-order valence-electron chi connectivity index (χ3n) is 1.09. The first-order valence-corrected chi connectivity index (χ1v) is 3.51. The molecule has 0 aliphatic heterocycles. The van der Waals surface area contributed by atoms with Crippen molar-refractivity contribution in [3.05, 3.63) is 29.3 Å². The number of hydrogen-bond acceptors (Lipinski definition) is 2. The molecule has 0 spiro atoms. The molecule has 0 amide bonds. The molecule has 0 saturated carbocycles. The van der Waals surface area contributed by atoms with Gasteiger partial charge in [-0.2, -0.15) is 0 Å². The molecule has 0 bridgehead atoms. The maximum atomic E-state index is 10.5. The van der Waals surface area contributed by atoms with Gasteiger partial charge in [-0.05, 0) is 12.1 Å². The second-order valence-corrected chi connectivity index (χ2v) is 2.43. The molecule has 0 aromatic heterocycles. The Morgan fingerprint density at radius 1 is 1.42 bits per heavy atom. The van der Waals surface area contributed by atoms with Crippen LogP contribution in [0.1, 0.15) is 6.92 Å². The van der Waals surface area contributed by atoms with E-state index in [0.717, 1.165) is 0 Å². The molecule has 1 rings (SSSR count). The minimum absolute atomic E-state index is 0. The van der Waals surface area contributed by atoms with Gasteiger partial charge in [-0.1, -0.05) is 23.7 Å².